The van der Waals surface area contributed by atoms with Gasteiger partial charge in [-0.25, -0.2) is 0 Å². The minimum absolute atomic E-state index is 0.0343. The number of aliphatic hydroxyl groups is 4. The van der Waals surface area contributed by atoms with Crippen LogP contribution in [0.2, 0.25) is 0 Å². The Morgan fingerprint density at radius 1 is 1.17 bits per heavy atom. The normalized spacial score (nSPS) is 43.9. The van der Waals surface area contributed by atoms with Gasteiger partial charge in [0.2, 0.25) is 0 Å². The van der Waals surface area contributed by atoms with Crippen LogP contribution in [-0.2, 0) is 19.0 Å². The molecular formula is C27H42O8. The number of ether oxygens (including phenoxy) is 3. The maximum Gasteiger partial charge on any atom is 0.303 e. The summed E-state index contributed by atoms with van der Waals surface area (Å²) >= 11 is 0. The Kier molecular flexibility index (Phi) is 7.55. The summed E-state index contributed by atoms with van der Waals surface area (Å²) in [5.74, 6) is 0.0306. The SMILES string of the molecule is CC(=O)O[C@@H]1C[C@@H]2C3=C(C(C)C)CC[C@]3(C)CC[C@@]2(C)[C@@H](O[C@@H]2OC[C@@H](O)[C@H](O)[C@H]2O)C=C1CO. The fourth-order valence-corrected chi connectivity index (χ4v) is 6.92. The van der Waals surface area contributed by atoms with Crippen molar-refractivity contribution in [3.8, 4) is 0 Å². The molecule has 2 fully saturated rings. The highest BCUT2D eigenvalue weighted by Crippen LogP contribution is 2.63. The van der Waals surface area contributed by atoms with Crippen LogP contribution in [0.5, 0.6) is 0 Å². The fourth-order valence-electron chi connectivity index (χ4n) is 6.92. The minimum atomic E-state index is -1.41. The van der Waals surface area contributed by atoms with Gasteiger partial charge in [0.05, 0.1) is 19.3 Å². The summed E-state index contributed by atoms with van der Waals surface area (Å²) in [6, 6.07) is 0. The van der Waals surface area contributed by atoms with E-state index in [0.717, 1.165) is 25.7 Å². The molecule has 1 saturated heterocycles. The molecule has 0 aromatic rings. The van der Waals surface area contributed by atoms with Crippen LogP contribution < -0.4 is 0 Å². The molecule has 3 aliphatic carbocycles. The minimum Gasteiger partial charge on any atom is -0.458 e. The first-order valence-electron chi connectivity index (χ1n) is 12.9. The molecule has 4 aliphatic rings. The molecule has 198 valence electrons. The lowest BCUT2D eigenvalue weighted by atomic mass is 9.54. The molecule has 0 radical (unpaired) electrons. The average molecular weight is 495 g/mol. The Bertz CT molecular complexity index is 880. The highest BCUT2D eigenvalue weighted by molar-refractivity contribution is 5.66. The highest BCUT2D eigenvalue weighted by atomic mass is 16.7. The summed E-state index contributed by atoms with van der Waals surface area (Å²) < 4.78 is 17.7. The van der Waals surface area contributed by atoms with Crippen molar-refractivity contribution in [3.05, 3.63) is 22.8 Å². The van der Waals surface area contributed by atoms with Crippen molar-refractivity contribution in [1.82, 2.24) is 0 Å². The third-order valence-corrected chi connectivity index (χ3v) is 9.10. The third-order valence-electron chi connectivity index (χ3n) is 9.10. The number of carbonyl (C=O) groups is 1. The van der Waals surface area contributed by atoms with E-state index in [1.54, 1.807) is 0 Å². The molecular weight excluding hydrogens is 452 g/mol. The lowest BCUT2D eigenvalue weighted by molar-refractivity contribution is -0.289. The zero-order valence-corrected chi connectivity index (χ0v) is 21.6. The molecule has 0 bridgehead atoms. The topological polar surface area (TPSA) is 126 Å². The van der Waals surface area contributed by atoms with Crippen LogP contribution in [0.4, 0.5) is 0 Å². The van der Waals surface area contributed by atoms with Crippen LogP contribution in [0.1, 0.15) is 66.7 Å². The molecule has 1 saturated carbocycles. The van der Waals surface area contributed by atoms with Crippen molar-refractivity contribution in [3.63, 3.8) is 0 Å². The summed E-state index contributed by atoms with van der Waals surface area (Å²) in [6.45, 7) is 9.91. The number of hydrogen-bond acceptors (Lipinski definition) is 8. The molecule has 8 nitrogen and oxygen atoms in total. The molecule has 4 N–H and O–H groups in total. The molecule has 9 atom stereocenters. The molecule has 1 heterocycles. The first-order valence-corrected chi connectivity index (χ1v) is 12.9. The van der Waals surface area contributed by atoms with E-state index in [2.05, 4.69) is 27.7 Å². The van der Waals surface area contributed by atoms with Gasteiger partial charge in [-0.3, -0.25) is 4.79 Å². The fraction of sp³-hybridized carbons (Fsp3) is 0.815. The largest absolute Gasteiger partial charge is 0.458 e. The molecule has 0 unspecified atom stereocenters. The summed E-state index contributed by atoms with van der Waals surface area (Å²) in [5.41, 5.74) is 3.11. The average Bonchev–Trinajstić information content (AvgIpc) is 3.10. The second kappa shape index (κ2) is 9.88. The maximum absolute atomic E-state index is 12.0. The van der Waals surface area contributed by atoms with E-state index in [9.17, 15) is 25.2 Å². The smallest absolute Gasteiger partial charge is 0.303 e. The van der Waals surface area contributed by atoms with Gasteiger partial charge in [0.1, 0.15) is 24.4 Å². The molecule has 0 aromatic carbocycles. The zero-order chi connectivity index (χ0) is 25.7. The van der Waals surface area contributed by atoms with Gasteiger partial charge < -0.3 is 34.6 Å². The van der Waals surface area contributed by atoms with Gasteiger partial charge in [-0.05, 0) is 54.9 Å². The molecule has 1 aliphatic heterocycles. The van der Waals surface area contributed by atoms with Crippen LogP contribution in [0.3, 0.4) is 0 Å². The van der Waals surface area contributed by atoms with E-state index < -0.39 is 48.2 Å². The predicted molar refractivity (Wildman–Crippen MR) is 128 cm³/mol. The van der Waals surface area contributed by atoms with E-state index in [-0.39, 0.29) is 24.5 Å². The van der Waals surface area contributed by atoms with E-state index in [1.807, 2.05) is 6.08 Å². The second-order valence-electron chi connectivity index (χ2n) is 11.8. The zero-order valence-electron chi connectivity index (χ0n) is 21.6. The number of hydrogen-bond donors (Lipinski definition) is 4. The quantitative estimate of drug-likeness (QED) is 0.339. The monoisotopic (exact) mass is 494 g/mol. The number of fused-ring (bicyclic) bond motifs is 3. The van der Waals surface area contributed by atoms with Crippen molar-refractivity contribution in [2.24, 2.45) is 22.7 Å². The van der Waals surface area contributed by atoms with Crippen LogP contribution in [0.15, 0.2) is 22.8 Å². The van der Waals surface area contributed by atoms with Gasteiger partial charge in [0, 0.05) is 12.3 Å². The van der Waals surface area contributed by atoms with E-state index in [0.29, 0.717) is 17.9 Å². The number of carbonyl (C=O) groups excluding carboxylic acids is 1. The van der Waals surface area contributed by atoms with Gasteiger partial charge in [-0.2, -0.15) is 0 Å². The molecule has 8 heteroatoms. The first-order chi connectivity index (χ1) is 16.4. The standard InChI is InChI=1S/C27H42O8/c1-14(2)17-6-7-26(4)8-9-27(5)18(22(17)26)11-20(34-15(3)29)16(12-28)10-21(27)35-25-24(32)23(31)19(30)13-33-25/h10,14,18-21,23-25,28,30-32H,6-9,11-13H2,1-5H3/t18-,19-,20-,21+,23+,24-,25+,26-,27-/m1/s1. The molecule has 4 rings (SSSR count). The lowest BCUT2D eigenvalue weighted by Gasteiger charge is -2.53. The van der Waals surface area contributed by atoms with E-state index in [4.69, 9.17) is 14.2 Å². The van der Waals surface area contributed by atoms with Crippen molar-refractivity contribution >= 4 is 5.97 Å². The molecule has 0 aromatic heterocycles. The van der Waals surface area contributed by atoms with E-state index >= 15 is 0 Å². The van der Waals surface area contributed by atoms with Crippen molar-refractivity contribution < 1.29 is 39.4 Å². The predicted octanol–water partition coefficient (Wildman–Crippen LogP) is 2.23. The van der Waals surface area contributed by atoms with Gasteiger partial charge in [0.25, 0.3) is 0 Å². The Hall–Kier alpha value is -1.29. The van der Waals surface area contributed by atoms with Gasteiger partial charge in [-0.1, -0.05) is 44.9 Å². The summed E-state index contributed by atoms with van der Waals surface area (Å²) in [7, 11) is 0. The molecule has 0 amide bonds. The third kappa shape index (κ3) is 4.74. The van der Waals surface area contributed by atoms with Crippen LogP contribution in [-0.4, -0.2) is 76.4 Å². The number of rotatable bonds is 5. The van der Waals surface area contributed by atoms with Crippen LogP contribution in [0.25, 0.3) is 0 Å². The van der Waals surface area contributed by atoms with Gasteiger partial charge >= 0.3 is 5.97 Å². The van der Waals surface area contributed by atoms with Crippen molar-refractivity contribution in [1.29, 1.82) is 0 Å². The van der Waals surface area contributed by atoms with Crippen molar-refractivity contribution in [2.75, 3.05) is 13.2 Å². The van der Waals surface area contributed by atoms with Gasteiger partial charge in [0.15, 0.2) is 6.29 Å². The number of aliphatic hydroxyl groups excluding tert-OH is 4. The number of allylic oxidation sites excluding steroid dienone is 2. The van der Waals surface area contributed by atoms with Crippen LogP contribution >= 0.6 is 0 Å². The highest BCUT2D eigenvalue weighted by Gasteiger charge is 2.57. The summed E-state index contributed by atoms with van der Waals surface area (Å²) in [4.78, 5) is 12.0. The Labute approximate surface area is 208 Å². The Morgan fingerprint density at radius 3 is 2.51 bits per heavy atom. The Balaban J connectivity index is 1.79. The van der Waals surface area contributed by atoms with Crippen molar-refractivity contribution in [2.45, 2.75) is 104 Å². The summed E-state index contributed by atoms with van der Waals surface area (Å²) in [6.07, 6.45) is 0.114. The first kappa shape index (κ1) is 26.8. The lowest BCUT2D eigenvalue weighted by Crippen LogP contribution is -2.56. The second-order valence-corrected chi connectivity index (χ2v) is 11.8. The molecule has 35 heavy (non-hydrogen) atoms. The van der Waals surface area contributed by atoms with E-state index in [1.165, 1.54) is 18.1 Å². The Morgan fingerprint density at radius 2 is 1.89 bits per heavy atom. The summed E-state index contributed by atoms with van der Waals surface area (Å²) in [5, 5.41) is 40.9. The maximum atomic E-state index is 12.0. The number of esters is 1. The molecule has 0 spiro atoms. The van der Waals surface area contributed by atoms with Crippen LogP contribution in [0, 0.1) is 22.7 Å². The van der Waals surface area contributed by atoms with Gasteiger partial charge in [-0.15, -0.1) is 0 Å².